The van der Waals surface area contributed by atoms with Gasteiger partial charge in [-0.15, -0.1) is 0 Å². The molecule has 232 valence electrons. The van der Waals surface area contributed by atoms with Gasteiger partial charge in [0, 0.05) is 40.0 Å². The lowest BCUT2D eigenvalue weighted by Gasteiger charge is -2.28. The van der Waals surface area contributed by atoms with Crippen molar-refractivity contribution < 1.29 is 17.6 Å². The Morgan fingerprint density at radius 3 is 2.17 bits per heavy atom. The molecular formula is C33H56N2O4SSi. The molecule has 1 unspecified atom stereocenters. The van der Waals surface area contributed by atoms with Gasteiger partial charge in [0.2, 0.25) is 10.0 Å². The normalized spacial score (nSPS) is 13.1. The lowest BCUT2D eigenvalue weighted by Crippen LogP contribution is -2.34. The highest BCUT2D eigenvalue weighted by molar-refractivity contribution is 7.89. The molecular weight excluding hydrogens is 549 g/mol. The van der Waals surface area contributed by atoms with E-state index in [9.17, 15) is 8.42 Å². The molecule has 0 aliphatic heterocycles. The molecule has 0 aliphatic carbocycles. The van der Waals surface area contributed by atoms with Crippen molar-refractivity contribution in [2.24, 2.45) is 11.8 Å². The third-order valence-corrected chi connectivity index (χ3v) is 12.4. The summed E-state index contributed by atoms with van der Waals surface area (Å²) in [5.74, 6) is 2.00. The van der Waals surface area contributed by atoms with Crippen LogP contribution in [0.25, 0.3) is 0 Å². The summed E-state index contributed by atoms with van der Waals surface area (Å²) in [6.07, 6.45) is 7.05. The minimum absolute atomic E-state index is 0.382. The van der Waals surface area contributed by atoms with Crippen LogP contribution in [0.1, 0.15) is 70.4 Å². The van der Waals surface area contributed by atoms with Crippen molar-refractivity contribution in [3.05, 3.63) is 53.6 Å². The van der Waals surface area contributed by atoms with E-state index in [-0.39, 0.29) is 0 Å². The summed E-state index contributed by atoms with van der Waals surface area (Å²) in [5.41, 5.74) is 2.83. The first-order valence-electron chi connectivity index (χ1n) is 15.3. The van der Waals surface area contributed by atoms with Gasteiger partial charge < -0.3 is 14.1 Å². The minimum atomic E-state index is -3.63. The Morgan fingerprint density at radius 2 is 1.59 bits per heavy atom. The molecule has 0 fully saturated rings. The number of anilines is 1. The molecule has 41 heavy (non-hydrogen) atoms. The van der Waals surface area contributed by atoms with Crippen LogP contribution in [0.2, 0.25) is 19.1 Å². The smallest absolute Gasteiger partial charge is 0.243 e. The first-order valence-corrected chi connectivity index (χ1v) is 19.9. The molecule has 0 aliphatic rings. The van der Waals surface area contributed by atoms with E-state index in [4.69, 9.17) is 9.16 Å². The fourth-order valence-corrected chi connectivity index (χ4v) is 9.62. The summed E-state index contributed by atoms with van der Waals surface area (Å²) >= 11 is 0. The standard InChI is InChI=1S/C33H56N2O4SSi/c1-10-11-14-29(25-39-41(8,9)26-27(2)3)15-12-13-22-35(6)40(36,37)33-21-18-31(34(4)5)24-30(33)23-28-16-19-32(38-7)20-17-28/h16-21,24,27,29H,10-15,22-23,25-26H2,1-9H3. The van der Waals surface area contributed by atoms with Crippen LogP contribution < -0.4 is 9.64 Å². The third-order valence-electron chi connectivity index (χ3n) is 7.71. The highest BCUT2D eigenvalue weighted by atomic mass is 32.2. The number of hydrogen-bond donors (Lipinski definition) is 0. The van der Waals surface area contributed by atoms with Gasteiger partial charge in [0.15, 0.2) is 8.32 Å². The van der Waals surface area contributed by atoms with Crippen LogP contribution in [0, 0.1) is 11.8 Å². The minimum Gasteiger partial charge on any atom is -0.497 e. The number of nitrogens with zero attached hydrogens (tertiary/aromatic N) is 2. The first kappa shape index (κ1) is 35.3. The molecule has 0 saturated carbocycles. The zero-order chi connectivity index (χ0) is 30.6. The van der Waals surface area contributed by atoms with Crippen LogP contribution in [0.3, 0.4) is 0 Å². The summed E-state index contributed by atoms with van der Waals surface area (Å²) in [6, 6.07) is 14.6. The van der Waals surface area contributed by atoms with Crippen molar-refractivity contribution >= 4 is 24.0 Å². The summed E-state index contributed by atoms with van der Waals surface area (Å²) in [7, 11) is 2.03. The van der Waals surface area contributed by atoms with E-state index in [1.165, 1.54) is 29.6 Å². The second-order valence-electron chi connectivity index (χ2n) is 12.7. The zero-order valence-corrected chi connectivity index (χ0v) is 29.0. The molecule has 0 aromatic heterocycles. The van der Waals surface area contributed by atoms with Crippen LogP contribution in [-0.4, -0.2) is 62.4 Å². The zero-order valence-electron chi connectivity index (χ0n) is 27.2. The van der Waals surface area contributed by atoms with Gasteiger partial charge in [0.1, 0.15) is 5.75 Å². The Kier molecular flexibility index (Phi) is 14.4. The maximum atomic E-state index is 13.8. The number of rotatable bonds is 19. The van der Waals surface area contributed by atoms with Gasteiger partial charge in [-0.3, -0.25) is 0 Å². The molecule has 1 atom stereocenters. The van der Waals surface area contributed by atoms with Gasteiger partial charge >= 0.3 is 0 Å². The molecule has 2 rings (SSSR count). The van der Waals surface area contributed by atoms with Crippen LogP contribution in [0.15, 0.2) is 47.4 Å². The molecule has 0 saturated heterocycles. The predicted octanol–water partition coefficient (Wildman–Crippen LogP) is 7.83. The van der Waals surface area contributed by atoms with E-state index >= 15 is 0 Å². The quantitative estimate of drug-likeness (QED) is 0.121. The van der Waals surface area contributed by atoms with E-state index < -0.39 is 18.3 Å². The van der Waals surface area contributed by atoms with Crippen molar-refractivity contribution in [1.29, 1.82) is 0 Å². The fraction of sp³-hybridized carbons (Fsp3) is 0.636. The lowest BCUT2D eigenvalue weighted by molar-refractivity contribution is 0.214. The second-order valence-corrected chi connectivity index (χ2v) is 18.9. The van der Waals surface area contributed by atoms with Gasteiger partial charge in [0.05, 0.1) is 12.0 Å². The number of unbranched alkanes of at least 4 members (excludes halogenated alkanes) is 2. The SMILES string of the molecule is CCCCC(CCCCN(C)S(=O)(=O)c1ccc(N(C)C)cc1Cc1ccc(OC)cc1)CO[Si](C)(C)CC(C)C. The molecule has 0 amide bonds. The van der Waals surface area contributed by atoms with E-state index in [0.29, 0.717) is 29.7 Å². The van der Waals surface area contributed by atoms with Crippen molar-refractivity contribution in [2.75, 3.05) is 46.3 Å². The van der Waals surface area contributed by atoms with Crippen molar-refractivity contribution in [1.82, 2.24) is 4.31 Å². The molecule has 0 spiro atoms. The summed E-state index contributed by atoms with van der Waals surface area (Å²) in [4.78, 5) is 2.39. The van der Waals surface area contributed by atoms with Crippen LogP contribution in [-0.2, 0) is 20.9 Å². The van der Waals surface area contributed by atoms with E-state index in [1.807, 2.05) is 55.4 Å². The number of benzene rings is 2. The maximum absolute atomic E-state index is 13.8. The van der Waals surface area contributed by atoms with Crippen molar-refractivity contribution in [3.8, 4) is 5.75 Å². The maximum Gasteiger partial charge on any atom is 0.243 e. The van der Waals surface area contributed by atoms with Crippen molar-refractivity contribution in [2.45, 2.75) is 89.8 Å². The predicted molar refractivity (Wildman–Crippen MR) is 176 cm³/mol. The van der Waals surface area contributed by atoms with E-state index in [1.54, 1.807) is 20.2 Å². The molecule has 0 bridgehead atoms. The van der Waals surface area contributed by atoms with Crippen LogP contribution in [0.5, 0.6) is 5.75 Å². The first-order chi connectivity index (χ1) is 19.3. The summed E-state index contributed by atoms with van der Waals surface area (Å²) in [5, 5.41) is 0. The number of methoxy groups -OCH3 is 1. The van der Waals surface area contributed by atoms with Crippen molar-refractivity contribution in [3.63, 3.8) is 0 Å². The molecule has 2 aromatic carbocycles. The molecule has 0 heterocycles. The topological polar surface area (TPSA) is 59.1 Å². The Hall–Kier alpha value is -1.87. The van der Waals surface area contributed by atoms with Gasteiger partial charge in [-0.05, 0) is 98.1 Å². The highest BCUT2D eigenvalue weighted by Crippen LogP contribution is 2.28. The van der Waals surface area contributed by atoms with E-state index in [0.717, 1.165) is 48.4 Å². The molecule has 6 nitrogen and oxygen atoms in total. The number of ether oxygens (including phenoxy) is 1. The van der Waals surface area contributed by atoms with Gasteiger partial charge in [-0.25, -0.2) is 12.7 Å². The Bertz CT molecular complexity index is 1150. The largest absolute Gasteiger partial charge is 0.497 e. The monoisotopic (exact) mass is 604 g/mol. The summed E-state index contributed by atoms with van der Waals surface area (Å²) in [6.45, 7) is 12.8. The molecule has 0 radical (unpaired) electrons. The average Bonchev–Trinajstić information content (AvgIpc) is 2.91. The second kappa shape index (κ2) is 16.7. The Labute approximate surface area is 252 Å². The van der Waals surface area contributed by atoms with Gasteiger partial charge in [-0.2, -0.15) is 0 Å². The number of hydrogen-bond acceptors (Lipinski definition) is 5. The third kappa shape index (κ3) is 11.7. The molecule has 0 N–H and O–H groups in total. The van der Waals surface area contributed by atoms with Gasteiger partial charge in [0.25, 0.3) is 0 Å². The van der Waals surface area contributed by atoms with Gasteiger partial charge in [-0.1, -0.05) is 52.2 Å². The summed E-state index contributed by atoms with van der Waals surface area (Å²) < 4.78 is 40.9. The van der Waals surface area contributed by atoms with E-state index in [2.05, 4.69) is 33.9 Å². The Balaban J connectivity index is 2.07. The Morgan fingerprint density at radius 1 is 0.927 bits per heavy atom. The highest BCUT2D eigenvalue weighted by Gasteiger charge is 2.26. The lowest BCUT2D eigenvalue weighted by atomic mass is 9.97. The average molecular weight is 605 g/mol. The molecule has 2 aromatic rings. The number of sulfonamides is 1. The fourth-order valence-electron chi connectivity index (χ4n) is 5.44. The van der Waals surface area contributed by atoms with Crippen LogP contribution in [0.4, 0.5) is 5.69 Å². The molecule has 8 heteroatoms. The van der Waals surface area contributed by atoms with Crippen LogP contribution >= 0.6 is 0 Å².